The largest absolute Gasteiger partial charge is 0.399 e. The van der Waals surface area contributed by atoms with Gasteiger partial charge in [0.1, 0.15) is 5.01 Å². The molecular weight excluding hydrogens is 278 g/mol. The molecule has 0 amide bonds. The molecule has 0 spiro atoms. The van der Waals surface area contributed by atoms with Crippen molar-refractivity contribution in [3.05, 3.63) is 64.5 Å². The molecule has 1 heterocycles. The molecule has 0 saturated heterocycles. The third-order valence-electron chi connectivity index (χ3n) is 3.08. The number of hydrogen-bond donors (Lipinski definition) is 2. The summed E-state index contributed by atoms with van der Waals surface area (Å²) in [6.07, 6.45) is 4.04. The number of benzene rings is 2. The Labute approximate surface area is 127 Å². The molecule has 0 aliphatic rings. The second-order valence-corrected chi connectivity index (χ2v) is 5.58. The van der Waals surface area contributed by atoms with Crippen molar-refractivity contribution in [1.82, 2.24) is 4.98 Å². The Morgan fingerprint density at radius 2 is 1.43 bits per heavy atom. The minimum Gasteiger partial charge on any atom is -0.399 e. The lowest BCUT2D eigenvalue weighted by atomic mass is 10.1. The van der Waals surface area contributed by atoms with Gasteiger partial charge in [0.2, 0.25) is 0 Å². The summed E-state index contributed by atoms with van der Waals surface area (Å²) in [4.78, 5) is 4.61. The van der Waals surface area contributed by atoms with Crippen LogP contribution in [0, 0.1) is 0 Å². The molecule has 0 unspecified atom stereocenters. The number of thiazole rings is 1. The van der Waals surface area contributed by atoms with Gasteiger partial charge in [0.25, 0.3) is 0 Å². The monoisotopic (exact) mass is 293 g/mol. The molecule has 0 atom stereocenters. The zero-order chi connectivity index (χ0) is 14.7. The second-order valence-electron chi connectivity index (χ2n) is 4.69. The van der Waals surface area contributed by atoms with Crippen molar-refractivity contribution >= 4 is 34.9 Å². The average molecular weight is 293 g/mol. The number of hydrogen-bond acceptors (Lipinski definition) is 4. The molecule has 104 valence electrons. The van der Waals surface area contributed by atoms with Gasteiger partial charge in [0, 0.05) is 22.3 Å². The number of rotatable bonds is 3. The van der Waals surface area contributed by atoms with Crippen LogP contribution in [0.2, 0.25) is 0 Å². The van der Waals surface area contributed by atoms with Crippen molar-refractivity contribution in [2.75, 3.05) is 11.5 Å². The van der Waals surface area contributed by atoms with E-state index in [1.807, 2.05) is 66.1 Å². The molecule has 21 heavy (non-hydrogen) atoms. The van der Waals surface area contributed by atoms with Gasteiger partial charge in [-0.2, -0.15) is 0 Å². The van der Waals surface area contributed by atoms with E-state index in [2.05, 4.69) is 4.98 Å². The summed E-state index contributed by atoms with van der Waals surface area (Å²) in [5, 5.41) is 3.02. The third-order valence-corrected chi connectivity index (χ3v) is 3.89. The van der Waals surface area contributed by atoms with E-state index < -0.39 is 0 Å². The highest BCUT2D eigenvalue weighted by molar-refractivity contribution is 7.10. The van der Waals surface area contributed by atoms with Crippen LogP contribution in [0.25, 0.3) is 23.4 Å². The van der Waals surface area contributed by atoms with E-state index in [-0.39, 0.29) is 0 Å². The summed E-state index contributed by atoms with van der Waals surface area (Å²) in [5.74, 6) is 0. The van der Waals surface area contributed by atoms with Crippen LogP contribution in [0.15, 0.2) is 53.9 Å². The molecule has 3 aromatic rings. The fraction of sp³-hybridized carbons (Fsp3) is 0. The Morgan fingerprint density at radius 1 is 0.810 bits per heavy atom. The standard InChI is InChI=1S/C17H15N3S/c18-14-6-1-12(2-7-14)3-10-17-20-16(11-21-17)13-4-8-15(19)9-5-13/h1-11H,18-19H2. The Kier molecular flexibility index (Phi) is 3.71. The van der Waals surface area contributed by atoms with Gasteiger partial charge in [0.05, 0.1) is 5.69 Å². The quantitative estimate of drug-likeness (QED) is 0.713. The van der Waals surface area contributed by atoms with Crippen LogP contribution < -0.4 is 11.5 Å². The summed E-state index contributed by atoms with van der Waals surface area (Å²) in [6, 6.07) is 15.5. The van der Waals surface area contributed by atoms with Crippen LogP contribution in [-0.4, -0.2) is 4.98 Å². The predicted octanol–water partition coefficient (Wildman–Crippen LogP) is 4.14. The van der Waals surface area contributed by atoms with Gasteiger partial charge in [-0.3, -0.25) is 0 Å². The lowest BCUT2D eigenvalue weighted by Gasteiger charge is -1.96. The molecule has 2 aromatic carbocycles. The number of aromatic nitrogens is 1. The van der Waals surface area contributed by atoms with E-state index in [4.69, 9.17) is 11.5 Å². The predicted molar refractivity (Wildman–Crippen MR) is 91.7 cm³/mol. The first-order valence-electron chi connectivity index (χ1n) is 6.56. The first kappa shape index (κ1) is 13.4. The molecule has 0 bridgehead atoms. The molecule has 0 radical (unpaired) electrons. The zero-order valence-corrected chi connectivity index (χ0v) is 12.2. The fourth-order valence-electron chi connectivity index (χ4n) is 1.93. The van der Waals surface area contributed by atoms with E-state index in [0.29, 0.717) is 0 Å². The molecule has 0 aliphatic carbocycles. The SMILES string of the molecule is Nc1ccc(C=Cc2nc(-c3ccc(N)cc3)cs2)cc1. The van der Waals surface area contributed by atoms with E-state index in [1.54, 1.807) is 11.3 Å². The lowest BCUT2D eigenvalue weighted by Crippen LogP contribution is -1.84. The minimum atomic E-state index is 0.762. The van der Waals surface area contributed by atoms with Crippen LogP contribution in [0.3, 0.4) is 0 Å². The summed E-state index contributed by atoms with van der Waals surface area (Å²) >= 11 is 1.62. The Balaban J connectivity index is 1.78. The van der Waals surface area contributed by atoms with Crippen molar-refractivity contribution in [3.8, 4) is 11.3 Å². The molecule has 4 N–H and O–H groups in total. The number of nitrogens with two attached hydrogens (primary N) is 2. The van der Waals surface area contributed by atoms with Crippen molar-refractivity contribution < 1.29 is 0 Å². The average Bonchev–Trinajstić information content (AvgIpc) is 2.96. The smallest absolute Gasteiger partial charge is 0.116 e. The van der Waals surface area contributed by atoms with E-state index >= 15 is 0 Å². The fourth-order valence-corrected chi connectivity index (χ4v) is 2.64. The topological polar surface area (TPSA) is 64.9 Å². The Morgan fingerprint density at radius 3 is 2.10 bits per heavy atom. The van der Waals surface area contributed by atoms with E-state index in [9.17, 15) is 0 Å². The van der Waals surface area contributed by atoms with Gasteiger partial charge in [-0.1, -0.05) is 30.3 Å². The summed E-state index contributed by atoms with van der Waals surface area (Å²) in [7, 11) is 0. The summed E-state index contributed by atoms with van der Waals surface area (Å²) < 4.78 is 0. The number of nitrogen functional groups attached to an aromatic ring is 2. The highest BCUT2D eigenvalue weighted by Crippen LogP contribution is 2.24. The van der Waals surface area contributed by atoms with Crippen LogP contribution in [0.1, 0.15) is 10.6 Å². The van der Waals surface area contributed by atoms with Crippen molar-refractivity contribution in [1.29, 1.82) is 0 Å². The molecular formula is C17H15N3S. The highest BCUT2D eigenvalue weighted by Gasteiger charge is 2.02. The van der Waals surface area contributed by atoms with E-state index in [1.165, 1.54) is 0 Å². The maximum atomic E-state index is 5.69. The second kappa shape index (κ2) is 5.81. The molecule has 3 rings (SSSR count). The normalized spacial score (nSPS) is 11.0. The zero-order valence-electron chi connectivity index (χ0n) is 11.4. The van der Waals surface area contributed by atoms with Gasteiger partial charge in [-0.15, -0.1) is 11.3 Å². The third kappa shape index (κ3) is 3.30. The minimum absolute atomic E-state index is 0.762. The molecule has 4 heteroatoms. The van der Waals surface area contributed by atoms with Crippen molar-refractivity contribution in [2.45, 2.75) is 0 Å². The maximum absolute atomic E-state index is 5.69. The van der Waals surface area contributed by atoms with Crippen molar-refractivity contribution in [3.63, 3.8) is 0 Å². The van der Waals surface area contributed by atoms with E-state index in [0.717, 1.165) is 33.2 Å². The Hall–Kier alpha value is -2.59. The van der Waals surface area contributed by atoms with Crippen LogP contribution in [-0.2, 0) is 0 Å². The van der Waals surface area contributed by atoms with Gasteiger partial charge in [-0.05, 0) is 35.9 Å². The lowest BCUT2D eigenvalue weighted by molar-refractivity contribution is 1.38. The molecule has 0 aliphatic heterocycles. The van der Waals surface area contributed by atoms with Crippen LogP contribution in [0.5, 0.6) is 0 Å². The first-order chi connectivity index (χ1) is 10.2. The van der Waals surface area contributed by atoms with Crippen LogP contribution in [0.4, 0.5) is 11.4 Å². The molecule has 0 fully saturated rings. The van der Waals surface area contributed by atoms with Crippen molar-refractivity contribution in [2.24, 2.45) is 0 Å². The maximum Gasteiger partial charge on any atom is 0.116 e. The van der Waals surface area contributed by atoms with Gasteiger partial charge in [0.15, 0.2) is 0 Å². The number of anilines is 2. The van der Waals surface area contributed by atoms with Gasteiger partial charge in [-0.25, -0.2) is 4.98 Å². The Bertz CT molecular complexity index is 755. The molecule has 1 aromatic heterocycles. The summed E-state index contributed by atoms with van der Waals surface area (Å²) in [5.41, 5.74) is 16.0. The molecule has 0 saturated carbocycles. The molecule has 3 nitrogen and oxygen atoms in total. The van der Waals surface area contributed by atoms with Gasteiger partial charge >= 0.3 is 0 Å². The highest BCUT2D eigenvalue weighted by atomic mass is 32.1. The van der Waals surface area contributed by atoms with Crippen LogP contribution >= 0.6 is 11.3 Å². The number of nitrogens with zero attached hydrogens (tertiary/aromatic N) is 1. The first-order valence-corrected chi connectivity index (χ1v) is 7.44. The summed E-state index contributed by atoms with van der Waals surface area (Å²) in [6.45, 7) is 0. The van der Waals surface area contributed by atoms with Gasteiger partial charge < -0.3 is 11.5 Å².